The van der Waals surface area contributed by atoms with Crippen LogP contribution in [0.25, 0.3) is 0 Å². The molecule has 2 aromatic rings. The fraction of sp³-hybridized carbons (Fsp3) is 0.333. The average Bonchev–Trinajstić information content (AvgIpc) is 2.78. The van der Waals surface area contributed by atoms with E-state index >= 15 is 0 Å². The predicted octanol–water partition coefficient (Wildman–Crippen LogP) is 1.63. The SMILES string of the molecule is COc1ccc(C(C)NS(=O)(=O)c2c(Br)nnn2C)cc1. The van der Waals surface area contributed by atoms with E-state index in [-0.39, 0.29) is 9.63 Å². The van der Waals surface area contributed by atoms with E-state index in [2.05, 4.69) is 31.0 Å². The van der Waals surface area contributed by atoms with Gasteiger partial charge < -0.3 is 4.74 Å². The van der Waals surface area contributed by atoms with Crippen molar-refractivity contribution >= 4 is 26.0 Å². The number of methoxy groups -OCH3 is 1. The van der Waals surface area contributed by atoms with E-state index in [0.29, 0.717) is 5.75 Å². The average molecular weight is 375 g/mol. The summed E-state index contributed by atoms with van der Waals surface area (Å²) in [5.74, 6) is 0.715. The molecule has 0 aliphatic heterocycles. The Morgan fingerprint density at radius 2 is 1.95 bits per heavy atom. The molecule has 1 aromatic carbocycles. The molecule has 0 aliphatic carbocycles. The van der Waals surface area contributed by atoms with Crippen LogP contribution in [0.1, 0.15) is 18.5 Å². The Kier molecular flexibility index (Phi) is 4.64. The molecule has 114 valence electrons. The van der Waals surface area contributed by atoms with Crippen molar-refractivity contribution in [2.24, 2.45) is 7.05 Å². The van der Waals surface area contributed by atoms with Crippen LogP contribution in [0.15, 0.2) is 33.9 Å². The highest BCUT2D eigenvalue weighted by atomic mass is 79.9. The third kappa shape index (κ3) is 3.42. The van der Waals surface area contributed by atoms with Crippen LogP contribution in [0.2, 0.25) is 0 Å². The van der Waals surface area contributed by atoms with Crippen molar-refractivity contribution in [1.29, 1.82) is 0 Å². The van der Waals surface area contributed by atoms with E-state index in [1.165, 1.54) is 11.7 Å². The number of benzene rings is 1. The first kappa shape index (κ1) is 15.9. The van der Waals surface area contributed by atoms with Crippen molar-refractivity contribution in [3.05, 3.63) is 34.4 Å². The van der Waals surface area contributed by atoms with Crippen molar-refractivity contribution in [3.8, 4) is 5.75 Å². The molecule has 1 unspecified atom stereocenters. The van der Waals surface area contributed by atoms with Gasteiger partial charge in [-0.2, -0.15) is 0 Å². The summed E-state index contributed by atoms with van der Waals surface area (Å²) in [6.45, 7) is 1.76. The standard InChI is InChI=1S/C12H15BrN4O3S/c1-8(9-4-6-10(20-3)7-5-9)15-21(18,19)12-11(13)14-16-17(12)2/h4-8,15H,1-3H3. The van der Waals surface area contributed by atoms with Crippen LogP contribution in [-0.2, 0) is 17.1 Å². The van der Waals surface area contributed by atoms with Gasteiger partial charge >= 0.3 is 0 Å². The van der Waals surface area contributed by atoms with Crippen molar-refractivity contribution in [1.82, 2.24) is 19.7 Å². The van der Waals surface area contributed by atoms with Gasteiger partial charge in [0.05, 0.1) is 7.11 Å². The minimum atomic E-state index is -3.73. The summed E-state index contributed by atoms with van der Waals surface area (Å²) in [6.07, 6.45) is 0. The number of nitrogens with one attached hydrogen (secondary N) is 1. The molecule has 0 fully saturated rings. The molecule has 0 aliphatic rings. The lowest BCUT2D eigenvalue weighted by molar-refractivity contribution is 0.414. The zero-order chi connectivity index (χ0) is 15.6. The van der Waals surface area contributed by atoms with Gasteiger partial charge in [-0.3, -0.25) is 0 Å². The molecule has 1 aromatic heterocycles. The van der Waals surface area contributed by atoms with Crippen molar-refractivity contribution in [2.45, 2.75) is 18.0 Å². The number of nitrogens with zero attached hydrogens (tertiary/aromatic N) is 3. The van der Waals surface area contributed by atoms with E-state index in [4.69, 9.17) is 4.74 Å². The van der Waals surface area contributed by atoms with Gasteiger partial charge in [0.2, 0.25) is 5.03 Å². The van der Waals surface area contributed by atoms with Gasteiger partial charge in [-0.1, -0.05) is 17.3 Å². The molecule has 0 saturated heterocycles. The number of halogens is 1. The molecular weight excluding hydrogens is 360 g/mol. The molecule has 7 nitrogen and oxygen atoms in total. The Morgan fingerprint density at radius 1 is 1.33 bits per heavy atom. The Balaban J connectivity index is 2.23. The molecule has 1 heterocycles. The smallest absolute Gasteiger partial charge is 0.261 e. The van der Waals surface area contributed by atoms with Crippen molar-refractivity contribution in [3.63, 3.8) is 0 Å². The summed E-state index contributed by atoms with van der Waals surface area (Å²) in [7, 11) is -0.636. The first-order valence-electron chi connectivity index (χ1n) is 6.06. The number of hydrogen-bond donors (Lipinski definition) is 1. The monoisotopic (exact) mass is 374 g/mol. The highest BCUT2D eigenvalue weighted by Crippen LogP contribution is 2.22. The lowest BCUT2D eigenvalue weighted by Gasteiger charge is -2.15. The van der Waals surface area contributed by atoms with Gasteiger partial charge in [0.25, 0.3) is 10.0 Å². The van der Waals surface area contributed by atoms with E-state index < -0.39 is 16.1 Å². The van der Waals surface area contributed by atoms with Crippen LogP contribution in [0, 0.1) is 0 Å². The van der Waals surface area contributed by atoms with E-state index in [1.807, 2.05) is 12.1 Å². The number of sulfonamides is 1. The summed E-state index contributed by atoms with van der Waals surface area (Å²) >= 11 is 3.09. The molecule has 0 bridgehead atoms. The topological polar surface area (TPSA) is 86.1 Å². The van der Waals surface area contributed by atoms with Gasteiger partial charge in [0.1, 0.15) is 5.75 Å². The first-order chi connectivity index (χ1) is 9.85. The quantitative estimate of drug-likeness (QED) is 0.859. The maximum atomic E-state index is 12.4. The van der Waals surface area contributed by atoms with Crippen LogP contribution in [0.4, 0.5) is 0 Å². The number of rotatable bonds is 5. The van der Waals surface area contributed by atoms with Gasteiger partial charge in [0.15, 0.2) is 4.60 Å². The third-order valence-electron chi connectivity index (χ3n) is 2.94. The number of aryl methyl sites for hydroxylation is 1. The zero-order valence-corrected chi connectivity index (χ0v) is 14.1. The van der Waals surface area contributed by atoms with Crippen molar-refractivity contribution < 1.29 is 13.2 Å². The molecule has 0 radical (unpaired) electrons. The van der Waals surface area contributed by atoms with E-state index in [0.717, 1.165) is 5.56 Å². The minimum Gasteiger partial charge on any atom is -0.497 e. The molecule has 0 amide bonds. The molecule has 0 saturated carbocycles. The molecular formula is C12H15BrN4O3S. The van der Waals surface area contributed by atoms with Gasteiger partial charge in [0, 0.05) is 13.1 Å². The second kappa shape index (κ2) is 6.12. The molecule has 2 rings (SSSR count). The number of aromatic nitrogens is 3. The predicted molar refractivity (Wildman–Crippen MR) is 80.4 cm³/mol. The Labute approximate surface area is 131 Å². The number of hydrogen-bond acceptors (Lipinski definition) is 5. The molecule has 1 N–H and O–H groups in total. The Bertz CT molecular complexity index is 708. The fourth-order valence-corrected chi connectivity index (χ4v) is 4.18. The Morgan fingerprint density at radius 3 is 2.43 bits per heavy atom. The number of ether oxygens (including phenoxy) is 1. The Hall–Kier alpha value is -1.45. The van der Waals surface area contributed by atoms with Crippen LogP contribution in [0.3, 0.4) is 0 Å². The molecule has 21 heavy (non-hydrogen) atoms. The molecule has 1 atom stereocenters. The van der Waals surface area contributed by atoms with Crippen LogP contribution in [0.5, 0.6) is 5.75 Å². The van der Waals surface area contributed by atoms with Gasteiger partial charge in [-0.25, -0.2) is 17.8 Å². The highest BCUT2D eigenvalue weighted by Gasteiger charge is 2.26. The molecule has 9 heteroatoms. The second-order valence-electron chi connectivity index (χ2n) is 4.43. The molecule has 0 spiro atoms. The second-order valence-corrected chi connectivity index (χ2v) is 6.81. The summed E-state index contributed by atoms with van der Waals surface area (Å²) in [5, 5.41) is 7.34. The van der Waals surface area contributed by atoms with Crippen LogP contribution < -0.4 is 9.46 Å². The lowest BCUT2D eigenvalue weighted by Crippen LogP contribution is -2.28. The fourth-order valence-electron chi connectivity index (χ4n) is 1.86. The van der Waals surface area contributed by atoms with Crippen LogP contribution in [-0.4, -0.2) is 30.5 Å². The summed E-state index contributed by atoms with van der Waals surface area (Å²) in [5.41, 5.74) is 0.825. The van der Waals surface area contributed by atoms with E-state index in [9.17, 15) is 8.42 Å². The largest absolute Gasteiger partial charge is 0.497 e. The highest BCUT2D eigenvalue weighted by molar-refractivity contribution is 9.10. The summed E-state index contributed by atoms with van der Waals surface area (Å²) in [6, 6.07) is 6.77. The summed E-state index contributed by atoms with van der Waals surface area (Å²) in [4.78, 5) is 0. The van der Waals surface area contributed by atoms with E-state index in [1.54, 1.807) is 26.2 Å². The normalized spacial score (nSPS) is 13.1. The summed E-state index contributed by atoms with van der Waals surface area (Å²) < 4.78 is 33.8. The maximum absolute atomic E-state index is 12.4. The van der Waals surface area contributed by atoms with Gasteiger partial charge in [-0.05, 0) is 40.5 Å². The first-order valence-corrected chi connectivity index (χ1v) is 8.34. The zero-order valence-electron chi connectivity index (χ0n) is 11.7. The van der Waals surface area contributed by atoms with Gasteiger partial charge in [-0.15, -0.1) is 5.10 Å². The maximum Gasteiger partial charge on any atom is 0.261 e. The third-order valence-corrected chi connectivity index (χ3v) is 5.37. The lowest BCUT2D eigenvalue weighted by atomic mass is 10.1. The minimum absolute atomic E-state index is 0.0112. The van der Waals surface area contributed by atoms with Crippen LogP contribution >= 0.6 is 15.9 Å². The van der Waals surface area contributed by atoms with Crippen molar-refractivity contribution in [2.75, 3.05) is 7.11 Å².